The Labute approximate surface area is 85.1 Å². The topological polar surface area (TPSA) is 45.4 Å². The molecule has 3 nitrogen and oxygen atoms in total. The van der Waals surface area contributed by atoms with E-state index in [0.29, 0.717) is 0 Å². The highest BCUT2D eigenvalue weighted by atomic mass is 16.3. The van der Waals surface area contributed by atoms with Crippen molar-refractivity contribution in [3.63, 3.8) is 0 Å². The highest BCUT2D eigenvalue weighted by molar-refractivity contribution is 5.05. The molecule has 0 aliphatic heterocycles. The van der Waals surface area contributed by atoms with Crippen LogP contribution in [0, 0.1) is 5.92 Å². The molecule has 1 rings (SSSR count). The second kappa shape index (κ2) is 5.83. The molecule has 14 heavy (non-hydrogen) atoms. The van der Waals surface area contributed by atoms with Crippen molar-refractivity contribution in [3.8, 4) is 0 Å². The van der Waals surface area contributed by atoms with Crippen molar-refractivity contribution in [2.45, 2.75) is 26.3 Å². The Balaban J connectivity index is 2.62. The first-order valence-corrected chi connectivity index (χ1v) is 5.17. The fourth-order valence-electron chi connectivity index (χ4n) is 1.46. The minimum Gasteiger partial charge on any atom is -0.468 e. The molecule has 0 spiro atoms. The quantitative estimate of drug-likeness (QED) is 0.732. The summed E-state index contributed by atoms with van der Waals surface area (Å²) in [6.07, 6.45) is 2.75. The lowest BCUT2D eigenvalue weighted by atomic mass is 10.0. The fourth-order valence-corrected chi connectivity index (χ4v) is 1.46. The maximum atomic E-state index is 9.12. The molecule has 0 saturated heterocycles. The predicted octanol–water partition coefficient (Wildman–Crippen LogP) is 1.95. The van der Waals surface area contributed by atoms with Gasteiger partial charge in [0.25, 0.3) is 0 Å². The van der Waals surface area contributed by atoms with Gasteiger partial charge < -0.3 is 14.8 Å². The maximum Gasteiger partial charge on any atom is 0.121 e. The SMILES string of the molecule is CCCNC(c1ccco1)C(C)CO. The molecular weight excluding hydrogens is 178 g/mol. The molecule has 2 N–H and O–H groups in total. The number of rotatable bonds is 6. The van der Waals surface area contributed by atoms with Gasteiger partial charge in [-0.15, -0.1) is 0 Å². The van der Waals surface area contributed by atoms with Crippen molar-refractivity contribution < 1.29 is 9.52 Å². The van der Waals surface area contributed by atoms with Crippen molar-refractivity contribution in [1.29, 1.82) is 0 Å². The van der Waals surface area contributed by atoms with E-state index in [1.165, 1.54) is 0 Å². The molecule has 0 fully saturated rings. The van der Waals surface area contributed by atoms with Crippen molar-refractivity contribution in [3.05, 3.63) is 24.2 Å². The molecule has 1 aromatic heterocycles. The monoisotopic (exact) mass is 197 g/mol. The van der Waals surface area contributed by atoms with Gasteiger partial charge in [-0.25, -0.2) is 0 Å². The Morgan fingerprint density at radius 2 is 2.36 bits per heavy atom. The van der Waals surface area contributed by atoms with Crippen LogP contribution >= 0.6 is 0 Å². The van der Waals surface area contributed by atoms with E-state index in [-0.39, 0.29) is 18.6 Å². The number of aliphatic hydroxyl groups excluding tert-OH is 1. The average Bonchev–Trinajstić information content (AvgIpc) is 2.71. The summed E-state index contributed by atoms with van der Waals surface area (Å²) in [4.78, 5) is 0. The molecule has 1 aromatic rings. The van der Waals surface area contributed by atoms with Crippen LogP contribution in [0.4, 0.5) is 0 Å². The predicted molar refractivity (Wildman–Crippen MR) is 56.0 cm³/mol. The Bertz CT molecular complexity index is 233. The molecule has 2 unspecified atom stereocenters. The number of nitrogens with one attached hydrogen (secondary N) is 1. The Kier molecular flexibility index (Phi) is 4.70. The summed E-state index contributed by atoms with van der Waals surface area (Å²) in [6.45, 7) is 5.24. The van der Waals surface area contributed by atoms with Crippen molar-refractivity contribution in [2.75, 3.05) is 13.2 Å². The van der Waals surface area contributed by atoms with Crippen molar-refractivity contribution in [2.24, 2.45) is 5.92 Å². The molecule has 0 aromatic carbocycles. The van der Waals surface area contributed by atoms with Gasteiger partial charge >= 0.3 is 0 Å². The molecule has 0 radical (unpaired) electrons. The molecule has 2 atom stereocenters. The van der Waals surface area contributed by atoms with Crippen LogP contribution in [-0.2, 0) is 0 Å². The normalized spacial score (nSPS) is 15.4. The summed E-state index contributed by atoms with van der Waals surface area (Å²) in [6, 6.07) is 3.94. The molecule has 1 heterocycles. The number of hydrogen-bond acceptors (Lipinski definition) is 3. The minimum atomic E-state index is 0.120. The molecule has 0 bridgehead atoms. The zero-order chi connectivity index (χ0) is 10.4. The lowest BCUT2D eigenvalue weighted by Gasteiger charge is -2.21. The number of furan rings is 1. The standard InChI is InChI=1S/C11H19NO2/c1-3-6-12-11(9(2)8-13)10-5-4-7-14-10/h4-5,7,9,11-13H,3,6,8H2,1-2H3. The highest BCUT2D eigenvalue weighted by Crippen LogP contribution is 2.21. The van der Waals surface area contributed by atoms with Gasteiger partial charge in [-0.3, -0.25) is 0 Å². The zero-order valence-electron chi connectivity index (χ0n) is 8.86. The second-order valence-corrected chi connectivity index (χ2v) is 3.61. The third-order valence-corrected chi connectivity index (χ3v) is 2.32. The maximum absolute atomic E-state index is 9.12. The van der Waals surface area contributed by atoms with Crippen LogP contribution in [0.5, 0.6) is 0 Å². The summed E-state index contributed by atoms with van der Waals surface area (Å²) >= 11 is 0. The summed E-state index contributed by atoms with van der Waals surface area (Å²) in [5, 5.41) is 12.5. The van der Waals surface area contributed by atoms with E-state index in [1.807, 2.05) is 19.1 Å². The van der Waals surface area contributed by atoms with E-state index in [0.717, 1.165) is 18.7 Å². The van der Waals surface area contributed by atoms with Gasteiger partial charge in [0.1, 0.15) is 5.76 Å². The average molecular weight is 197 g/mol. The van der Waals surface area contributed by atoms with Crippen molar-refractivity contribution >= 4 is 0 Å². The third kappa shape index (κ3) is 2.86. The van der Waals surface area contributed by atoms with Gasteiger partial charge in [0.15, 0.2) is 0 Å². The van der Waals surface area contributed by atoms with Crippen LogP contribution in [-0.4, -0.2) is 18.3 Å². The first-order valence-electron chi connectivity index (χ1n) is 5.17. The van der Waals surface area contributed by atoms with Gasteiger partial charge in [-0.05, 0) is 25.1 Å². The van der Waals surface area contributed by atoms with Gasteiger partial charge in [0.2, 0.25) is 0 Å². The second-order valence-electron chi connectivity index (χ2n) is 3.61. The molecule has 80 valence electrons. The largest absolute Gasteiger partial charge is 0.468 e. The first-order chi connectivity index (χ1) is 6.79. The van der Waals surface area contributed by atoms with E-state index in [9.17, 15) is 0 Å². The van der Waals surface area contributed by atoms with E-state index in [4.69, 9.17) is 9.52 Å². The Morgan fingerprint density at radius 1 is 1.57 bits per heavy atom. The van der Waals surface area contributed by atoms with E-state index in [1.54, 1.807) is 6.26 Å². The molecule has 0 aliphatic rings. The fraction of sp³-hybridized carbons (Fsp3) is 0.636. The highest BCUT2D eigenvalue weighted by Gasteiger charge is 2.19. The van der Waals surface area contributed by atoms with Gasteiger partial charge in [0.05, 0.1) is 12.3 Å². The van der Waals surface area contributed by atoms with E-state index < -0.39 is 0 Å². The molecule has 0 aliphatic carbocycles. The van der Waals surface area contributed by atoms with Crippen LogP contribution < -0.4 is 5.32 Å². The van der Waals surface area contributed by atoms with Crippen molar-refractivity contribution in [1.82, 2.24) is 5.32 Å². The minimum absolute atomic E-state index is 0.120. The third-order valence-electron chi connectivity index (χ3n) is 2.32. The van der Waals surface area contributed by atoms with Crippen LogP contribution in [0.2, 0.25) is 0 Å². The molecular formula is C11H19NO2. The zero-order valence-corrected chi connectivity index (χ0v) is 8.86. The first kappa shape index (κ1) is 11.3. The number of aliphatic hydroxyl groups is 1. The Morgan fingerprint density at radius 3 is 2.86 bits per heavy atom. The van der Waals surface area contributed by atoms with Gasteiger partial charge in [0, 0.05) is 12.5 Å². The molecule has 3 heteroatoms. The summed E-state index contributed by atoms with van der Waals surface area (Å²) in [5.41, 5.74) is 0. The smallest absolute Gasteiger partial charge is 0.121 e. The summed E-state index contributed by atoms with van der Waals surface area (Å²) in [7, 11) is 0. The van der Waals surface area contributed by atoms with Crippen LogP contribution in [0.3, 0.4) is 0 Å². The summed E-state index contributed by atoms with van der Waals surface area (Å²) in [5.74, 6) is 1.08. The van der Waals surface area contributed by atoms with Gasteiger partial charge in [-0.2, -0.15) is 0 Å². The van der Waals surface area contributed by atoms with Crippen LogP contribution in [0.25, 0.3) is 0 Å². The molecule has 0 saturated carbocycles. The Hall–Kier alpha value is -0.800. The lowest BCUT2D eigenvalue weighted by molar-refractivity contribution is 0.190. The lowest BCUT2D eigenvalue weighted by Crippen LogP contribution is -2.29. The number of hydrogen-bond donors (Lipinski definition) is 2. The van der Waals surface area contributed by atoms with Gasteiger partial charge in [-0.1, -0.05) is 13.8 Å². The van der Waals surface area contributed by atoms with E-state index >= 15 is 0 Å². The van der Waals surface area contributed by atoms with Crippen LogP contribution in [0.15, 0.2) is 22.8 Å². The molecule has 0 amide bonds. The van der Waals surface area contributed by atoms with Crippen LogP contribution in [0.1, 0.15) is 32.1 Å². The summed E-state index contributed by atoms with van der Waals surface area (Å²) < 4.78 is 5.34. The van der Waals surface area contributed by atoms with E-state index in [2.05, 4.69) is 12.2 Å².